The van der Waals surface area contributed by atoms with E-state index < -0.39 is 17.8 Å². The monoisotopic (exact) mass is 389 g/mol. The maximum atomic E-state index is 12.6. The second kappa shape index (κ2) is 6.85. The summed E-state index contributed by atoms with van der Waals surface area (Å²) in [6.07, 6.45) is 7.52. The average Bonchev–Trinajstić information content (AvgIpc) is 2.78. The summed E-state index contributed by atoms with van der Waals surface area (Å²) in [6.45, 7) is 5.61. The Bertz CT molecular complexity index is 681. The van der Waals surface area contributed by atoms with Gasteiger partial charge >= 0.3 is 17.8 Å². The minimum atomic E-state index is -0.900. The maximum absolute atomic E-state index is 12.6. The highest BCUT2D eigenvalue weighted by Gasteiger charge is 2.53. The molecule has 4 saturated carbocycles. The van der Waals surface area contributed by atoms with Crippen LogP contribution < -0.4 is 5.32 Å². The van der Waals surface area contributed by atoms with Gasteiger partial charge in [-0.3, -0.25) is 19.3 Å². The molecule has 0 aromatic carbocycles. The molecule has 0 spiro atoms. The third kappa shape index (κ3) is 3.22. The molecule has 5 fully saturated rings. The van der Waals surface area contributed by atoms with Gasteiger partial charge in [-0.05, 0) is 74.5 Å². The van der Waals surface area contributed by atoms with Crippen LogP contribution in [0.25, 0.3) is 0 Å². The minimum Gasteiger partial charge on any atom is -0.352 e. The number of amides is 5. The van der Waals surface area contributed by atoms with Crippen LogP contribution in [0, 0.1) is 29.1 Å². The summed E-state index contributed by atoms with van der Waals surface area (Å²) in [6, 6.07) is -0.662. The van der Waals surface area contributed by atoms with E-state index in [1.165, 1.54) is 38.5 Å². The number of urea groups is 1. The quantitative estimate of drug-likeness (QED) is 0.557. The summed E-state index contributed by atoms with van der Waals surface area (Å²) in [5, 5.41) is 3.06. The largest absolute Gasteiger partial charge is 0.352 e. The molecule has 1 heterocycles. The second-order valence-electron chi connectivity index (χ2n) is 10.1. The molecule has 1 atom stereocenters. The first kappa shape index (κ1) is 19.4. The van der Waals surface area contributed by atoms with Crippen LogP contribution in [0.2, 0.25) is 0 Å². The van der Waals surface area contributed by atoms with Crippen molar-refractivity contribution in [1.29, 1.82) is 0 Å². The third-order valence-electron chi connectivity index (χ3n) is 7.37. The van der Waals surface area contributed by atoms with E-state index >= 15 is 0 Å². The minimum absolute atomic E-state index is 0.0173. The lowest BCUT2D eigenvalue weighted by atomic mass is 9.48. The van der Waals surface area contributed by atoms with Crippen LogP contribution in [0.3, 0.4) is 0 Å². The lowest BCUT2D eigenvalue weighted by molar-refractivity contribution is -0.144. The molecule has 1 aliphatic heterocycles. The van der Waals surface area contributed by atoms with Gasteiger partial charge in [0.15, 0.2) is 0 Å². The van der Waals surface area contributed by atoms with Crippen molar-refractivity contribution in [1.82, 2.24) is 15.1 Å². The van der Waals surface area contributed by atoms with Gasteiger partial charge in [-0.1, -0.05) is 13.8 Å². The van der Waals surface area contributed by atoms with Gasteiger partial charge in [0, 0.05) is 12.6 Å². The standard InChI is InChI=1S/C21H31N3O4/c1-12(2)10-23-18(26)19(27)24(20(23)28)11-17(25)22-13(3)21-7-14-4-15(8-21)6-16(5-14)9-21/h12-16H,4-11H2,1-3H3,(H,22,25)/t13-,14?,15?,16?,21?/m1/s1. The highest BCUT2D eigenvalue weighted by atomic mass is 16.2. The molecule has 7 nitrogen and oxygen atoms in total. The first-order chi connectivity index (χ1) is 13.2. The molecule has 4 aliphatic carbocycles. The zero-order valence-electron chi connectivity index (χ0n) is 17.1. The number of hydrogen-bond donors (Lipinski definition) is 1. The topological polar surface area (TPSA) is 86.8 Å². The average molecular weight is 389 g/mol. The SMILES string of the molecule is CC(C)CN1C(=O)C(=O)N(CC(=O)N[C@H](C)C23CC4CC(CC(C4)C2)C3)C1=O. The van der Waals surface area contributed by atoms with E-state index in [1.54, 1.807) is 0 Å². The van der Waals surface area contributed by atoms with Crippen molar-refractivity contribution in [3.8, 4) is 0 Å². The molecular weight excluding hydrogens is 358 g/mol. The van der Waals surface area contributed by atoms with Gasteiger partial charge in [0.25, 0.3) is 0 Å². The lowest BCUT2D eigenvalue weighted by Crippen LogP contribution is -2.57. The van der Waals surface area contributed by atoms with Crippen molar-refractivity contribution < 1.29 is 19.2 Å². The van der Waals surface area contributed by atoms with Gasteiger partial charge in [-0.15, -0.1) is 0 Å². The molecule has 0 unspecified atom stereocenters. The van der Waals surface area contributed by atoms with E-state index in [0.717, 1.165) is 27.6 Å². The zero-order chi connectivity index (χ0) is 20.2. The summed E-state index contributed by atoms with van der Waals surface area (Å²) in [5.41, 5.74) is 0.156. The molecule has 154 valence electrons. The number of carbonyl (C=O) groups excluding carboxylic acids is 4. The van der Waals surface area contributed by atoms with Crippen molar-refractivity contribution in [2.75, 3.05) is 13.1 Å². The van der Waals surface area contributed by atoms with Crippen molar-refractivity contribution in [2.45, 2.75) is 65.3 Å². The summed E-state index contributed by atoms with van der Waals surface area (Å²) in [5.74, 6) is 0.331. The van der Waals surface area contributed by atoms with Gasteiger partial charge in [0.2, 0.25) is 5.91 Å². The summed E-state index contributed by atoms with van der Waals surface area (Å²) < 4.78 is 0. The summed E-state index contributed by atoms with van der Waals surface area (Å²) >= 11 is 0. The molecule has 0 radical (unpaired) electrons. The molecular formula is C21H31N3O4. The van der Waals surface area contributed by atoms with Crippen LogP contribution in [0.15, 0.2) is 0 Å². The number of nitrogens with one attached hydrogen (secondary N) is 1. The van der Waals surface area contributed by atoms with E-state index in [2.05, 4.69) is 12.2 Å². The first-order valence-corrected chi connectivity index (χ1v) is 10.6. The molecule has 28 heavy (non-hydrogen) atoms. The van der Waals surface area contributed by atoms with Crippen molar-refractivity contribution in [2.24, 2.45) is 29.1 Å². The van der Waals surface area contributed by atoms with Crippen LogP contribution in [-0.4, -0.2) is 52.7 Å². The fourth-order valence-corrected chi connectivity index (χ4v) is 6.51. The fourth-order valence-electron chi connectivity index (χ4n) is 6.51. The van der Waals surface area contributed by atoms with Gasteiger partial charge in [-0.25, -0.2) is 9.69 Å². The van der Waals surface area contributed by atoms with Crippen LogP contribution in [0.5, 0.6) is 0 Å². The van der Waals surface area contributed by atoms with Gasteiger partial charge < -0.3 is 5.32 Å². The normalized spacial score (nSPS) is 35.3. The number of rotatable bonds is 6. The molecule has 0 aromatic rings. The van der Waals surface area contributed by atoms with E-state index in [0.29, 0.717) is 0 Å². The van der Waals surface area contributed by atoms with Gasteiger partial charge in [-0.2, -0.15) is 0 Å². The Balaban J connectivity index is 1.39. The lowest BCUT2D eigenvalue weighted by Gasteiger charge is -2.59. The summed E-state index contributed by atoms with van der Waals surface area (Å²) in [7, 11) is 0. The molecule has 0 aromatic heterocycles. The van der Waals surface area contributed by atoms with E-state index in [9.17, 15) is 19.2 Å². The summed E-state index contributed by atoms with van der Waals surface area (Å²) in [4.78, 5) is 51.1. The maximum Gasteiger partial charge on any atom is 0.334 e. The molecule has 1 saturated heterocycles. The first-order valence-electron chi connectivity index (χ1n) is 10.6. The van der Waals surface area contributed by atoms with Crippen LogP contribution in [0.1, 0.15) is 59.3 Å². The molecule has 5 aliphatic rings. The Morgan fingerprint density at radius 2 is 1.46 bits per heavy atom. The third-order valence-corrected chi connectivity index (χ3v) is 7.37. The number of nitrogens with zero attached hydrogens (tertiary/aromatic N) is 2. The predicted molar refractivity (Wildman–Crippen MR) is 102 cm³/mol. The zero-order valence-corrected chi connectivity index (χ0v) is 17.1. The Labute approximate surface area is 166 Å². The number of hydrogen-bond acceptors (Lipinski definition) is 4. The second-order valence-corrected chi connectivity index (χ2v) is 10.1. The van der Waals surface area contributed by atoms with Crippen molar-refractivity contribution >= 4 is 23.8 Å². The van der Waals surface area contributed by atoms with E-state index in [-0.39, 0.29) is 36.4 Å². The smallest absolute Gasteiger partial charge is 0.334 e. The van der Waals surface area contributed by atoms with Crippen molar-refractivity contribution in [3.63, 3.8) is 0 Å². The van der Waals surface area contributed by atoms with Crippen LogP contribution in [-0.2, 0) is 14.4 Å². The molecule has 5 rings (SSSR count). The van der Waals surface area contributed by atoms with Crippen LogP contribution >= 0.6 is 0 Å². The highest BCUT2D eigenvalue weighted by Crippen LogP contribution is 2.61. The fraction of sp³-hybridized carbons (Fsp3) is 0.810. The number of carbonyl (C=O) groups is 4. The van der Waals surface area contributed by atoms with Crippen LogP contribution in [0.4, 0.5) is 4.79 Å². The van der Waals surface area contributed by atoms with Crippen molar-refractivity contribution in [3.05, 3.63) is 0 Å². The Morgan fingerprint density at radius 3 is 1.96 bits per heavy atom. The highest BCUT2D eigenvalue weighted by molar-refractivity contribution is 6.45. The Kier molecular flexibility index (Phi) is 4.74. The van der Waals surface area contributed by atoms with E-state index in [1.807, 2.05) is 13.8 Å². The van der Waals surface area contributed by atoms with Gasteiger partial charge in [0.1, 0.15) is 6.54 Å². The predicted octanol–water partition coefficient (Wildman–Crippen LogP) is 2.15. The van der Waals surface area contributed by atoms with Gasteiger partial charge in [0.05, 0.1) is 0 Å². The Hall–Kier alpha value is -1.92. The van der Waals surface area contributed by atoms with E-state index in [4.69, 9.17) is 0 Å². The molecule has 7 heteroatoms. The molecule has 1 N–H and O–H groups in total. The Morgan fingerprint density at radius 1 is 0.964 bits per heavy atom. The number of imide groups is 2. The molecule has 5 amide bonds. The molecule has 4 bridgehead atoms.